The van der Waals surface area contributed by atoms with Gasteiger partial charge < -0.3 is 15.7 Å². The number of aromatic nitrogens is 2. The molecule has 0 bridgehead atoms. The predicted octanol–water partition coefficient (Wildman–Crippen LogP) is 3.25. The molecule has 7 heteroatoms. The van der Waals surface area contributed by atoms with E-state index >= 15 is 0 Å². The van der Waals surface area contributed by atoms with Crippen molar-refractivity contribution in [3.63, 3.8) is 0 Å². The van der Waals surface area contributed by atoms with E-state index in [1.165, 1.54) is 6.07 Å². The fourth-order valence-corrected chi connectivity index (χ4v) is 3.81. The summed E-state index contributed by atoms with van der Waals surface area (Å²) in [5, 5.41) is 10.0. The van der Waals surface area contributed by atoms with Crippen LogP contribution in [0.5, 0.6) is 0 Å². The van der Waals surface area contributed by atoms with Crippen LogP contribution in [-0.4, -0.2) is 40.1 Å². The lowest BCUT2D eigenvalue weighted by molar-refractivity contribution is 0.0989. The molecular formula is C23H23FN4O2. The molecular weight excluding hydrogens is 383 g/mol. The molecule has 0 aliphatic carbocycles. The van der Waals surface area contributed by atoms with E-state index in [-0.39, 0.29) is 29.7 Å². The van der Waals surface area contributed by atoms with Crippen LogP contribution in [0.4, 0.5) is 15.8 Å². The van der Waals surface area contributed by atoms with E-state index in [1.54, 1.807) is 42.7 Å². The number of anilines is 2. The number of halogens is 1. The quantitative estimate of drug-likeness (QED) is 0.632. The number of carbonyl (C=O) groups excluding carboxylic acids is 1. The highest BCUT2D eigenvalue weighted by Gasteiger charge is 2.22. The number of nitrogens with zero attached hydrogens (tertiary/aromatic N) is 3. The fourth-order valence-electron chi connectivity index (χ4n) is 3.81. The molecule has 1 aliphatic rings. The number of nitrogens with two attached hydrogens (primary N) is 1. The van der Waals surface area contributed by atoms with Gasteiger partial charge in [-0.1, -0.05) is 12.1 Å². The zero-order valence-electron chi connectivity index (χ0n) is 16.5. The molecule has 3 heterocycles. The van der Waals surface area contributed by atoms with Crippen molar-refractivity contribution in [2.45, 2.75) is 25.4 Å². The maximum absolute atomic E-state index is 14.2. The second kappa shape index (κ2) is 8.59. The zero-order chi connectivity index (χ0) is 21.1. The standard InChI is InChI=1S/C23H23FN4O2/c24-18-6-2-1-5-17(18)20-8-7-19(25)23(27-20)22(30)12-15-13-26-10-9-21(15)28-11-3-4-16(29)14-28/h1-2,5-10,13,16,29H,3-4,11-12,14,25H2/t16-/m1/s1. The summed E-state index contributed by atoms with van der Waals surface area (Å²) in [6, 6.07) is 11.3. The molecule has 3 N–H and O–H groups in total. The summed E-state index contributed by atoms with van der Waals surface area (Å²) in [5.74, 6) is -0.677. The number of pyridine rings is 2. The van der Waals surface area contributed by atoms with Crippen LogP contribution >= 0.6 is 0 Å². The molecule has 6 nitrogen and oxygen atoms in total. The molecule has 0 amide bonds. The Morgan fingerprint density at radius 1 is 1.23 bits per heavy atom. The first kappa shape index (κ1) is 20.0. The summed E-state index contributed by atoms with van der Waals surface area (Å²) in [4.78, 5) is 23.7. The number of aliphatic hydroxyl groups is 1. The van der Waals surface area contributed by atoms with Crippen molar-refractivity contribution in [2.24, 2.45) is 0 Å². The Balaban J connectivity index is 1.62. The summed E-state index contributed by atoms with van der Waals surface area (Å²) in [6.45, 7) is 1.33. The highest BCUT2D eigenvalue weighted by molar-refractivity contribution is 6.01. The molecule has 0 radical (unpaired) electrons. The minimum absolute atomic E-state index is 0.0632. The predicted molar refractivity (Wildman–Crippen MR) is 114 cm³/mol. The summed E-state index contributed by atoms with van der Waals surface area (Å²) in [6.07, 6.45) is 4.68. The minimum atomic E-state index is -0.411. The van der Waals surface area contributed by atoms with Crippen LogP contribution in [0.2, 0.25) is 0 Å². The number of piperidine rings is 1. The van der Waals surface area contributed by atoms with Gasteiger partial charge in [-0.3, -0.25) is 9.78 Å². The number of nitrogen functional groups attached to an aromatic ring is 1. The Morgan fingerprint density at radius 3 is 2.87 bits per heavy atom. The third-order valence-corrected chi connectivity index (χ3v) is 5.31. The van der Waals surface area contributed by atoms with Gasteiger partial charge in [0.25, 0.3) is 0 Å². The van der Waals surface area contributed by atoms with Gasteiger partial charge in [0.15, 0.2) is 5.78 Å². The first-order valence-electron chi connectivity index (χ1n) is 9.93. The average molecular weight is 406 g/mol. The molecule has 30 heavy (non-hydrogen) atoms. The summed E-state index contributed by atoms with van der Waals surface area (Å²) < 4.78 is 14.2. The highest BCUT2D eigenvalue weighted by atomic mass is 19.1. The van der Waals surface area contributed by atoms with Gasteiger partial charge in [0.05, 0.1) is 17.5 Å². The van der Waals surface area contributed by atoms with Gasteiger partial charge in [-0.05, 0) is 43.2 Å². The normalized spacial score (nSPS) is 16.5. The Kier molecular flexibility index (Phi) is 5.72. The smallest absolute Gasteiger partial charge is 0.187 e. The van der Waals surface area contributed by atoms with Crippen LogP contribution in [0.15, 0.2) is 54.9 Å². The van der Waals surface area contributed by atoms with Crippen LogP contribution < -0.4 is 10.6 Å². The summed E-state index contributed by atoms with van der Waals surface area (Å²) in [5.41, 5.74) is 8.68. The second-order valence-corrected chi connectivity index (χ2v) is 7.46. The molecule has 1 fully saturated rings. The van der Waals surface area contributed by atoms with Gasteiger partial charge in [0, 0.05) is 48.7 Å². The molecule has 0 unspecified atom stereocenters. The van der Waals surface area contributed by atoms with Crippen LogP contribution in [0, 0.1) is 5.82 Å². The lowest BCUT2D eigenvalue weighted by Gasteiger charge is -2.33. The minimum Gasteiger partial charge on any atom is -0.397 e. The maximum Gasteiger partial charge on any atom is 0.187 e. The second-order valence-electron chi connectivity index (χ2n) is 7.46. The van der Waals surface area contributed by atoms with E-state index in [9.17, 15) is 14.3 Å². The van der Waals surface area contributed by atoms with Crippen LogP contribution in [-0.2, 0) is 6.42 Å². The molecule has 1 atom stereocenters. The number of carbonyl (C=O) groups is 1. The van der Waals surface area contributed by atoms with E-state index in [1.807, 2.05) is 6.07 Å². The maximum atomic E-state index is 14.2. The lowest BCUT2D eigenvalue weighted by atomic mass is 10.0. The van der Waals surface area contributed by atoms with Crippen LogP contribution in [0.3, 0.4) is 0 Å². The number of rotatable bonds is 5. The molecule has 1 aromatic carbocycles. The van der Waals surface area contributed by atoms with Gasteiger partial charge in [-0.25, -0.2) is 9.37 Å². The monoisotopic (exact) mass is 406 g/mol. The molecule has 4 rings (SSSR count). The highest BCUT2D eigenvalue weighted by Crippen LogP contribution is 2.27. The van der Waals surface area contributed by atoms with Crippen molar-refractivity contribution < 1.29 is 14.3 Å². The summed E-state index contributed by atoms with van der Waals surface area (Å²) >= 11 is 0. The molecule has 2 aromatic heterocycles. The Morgan fingerprint density at radius 2 is 2.07 bits per heavy atom. The number of aliphatic hydroxyl groups excluding tert-OH is 1. The summed E-state index contributed by atoms with van der Waals surface area (Å²) in [7, 11) is 0. The van der Waals surface area contributed by atoms with Crippen molar-refractivity contribution in [2.75, 3.05) is 23.7 Å². The zero-order valence-corrected chi connectivity index (χ0v) is 16.5. The van der Waals surface area contributed by atoms with Crippen molar-refractivity contribution >= 4 is 17.2 Å². The lowest BCUT2D eigenvalue weighted by Crippen LogP contribution is -2.38. The fraction of sp³-hybridized carbons (Fsp3) is 0.261. The van der Waals surface area contributed by atoms with Crippen LogP contribution in [0.25, 0.3) is 11.3 Å². The number of β-amino-alcohol motifs (C(OH)–C–C–N with tert-alkyl or cyclic N) is 1. The number of hydrogen-bond donors (Lipinski definition) is 2. The molecule has 1 aliphatic heterocycles. The molecule has 0 saturated carbocycles. The number of hydrogen-bond acceptors (Lipinski definition) is 6. The third kappa shape index (κ3) is 4.16. The SMILES string of the molecule is Nc1ccc(-c2ccccc2F)nc1C(=O)Cc1cnccc1N1CCC[C@@H](O)C1. The van der Waals surface area contributed by atoms with Crippen molar-refractivity contribution in [1.29, 1.82) is 0 Å². The first-order chi connectivity index (χ1) is 14.5. The van der Waals surface area contributed by atoms with E-state index in [0.29, 0.717) is 17.8 Å². The number of Topliss-reactive ketones (excluding diaryl/α,β-unsaturated/α-hetero) is 1. The van der Waals surface area contributed by atoms with E-state index in [4.69, 9.17) is 5.73 Å². The third-order valence-electron chi connectivity index (χ3n) is 5.31. The van der Waals surface area contributed by atoms with E-state index in [2.05, 4.69) is 14.9 Å². The molecule has 1 saturated heterocycles. The van der Waals surface area contributed by atoms with Gasteiger partial charge >= 0.3 is 0 Å². The largest absolute Gasteiger partial charge is 0.397 e. The Labute approximate surface area is 174 Å². The molecule has 154 valence electrons. The topological polar surface area (TPSA) is 92.3 Å². The van der Waals surface area contributed by atoms with Gasteiger partial charge in [0.1, 0.15) is 11.5 Å². The molecule has 0 spiro atoms. The molecule has 3 aromatic rings. The van der Waals surface area contributed by atoms with Gasteiger partial charge in [-0.2, -0.15) is 0 Å². The van der Waals surface area contributed by atoms with Gasteiger partial charge in [0.2, 0.25) is 0 Å². The average Bonchev–Trinajstić information content (AvgIpc) is 2.75. The number of ketones is 1. The van der Waals surface area contributed by atoms with Crippen molar-refractivity contribution in [1.82, 2.24) is 9.97 Å². The van der Waals surface area contributed by atoms with E-state index in [0.717, 1.165) is 30.6 Å². The van der Waals surface area contributed by atoms with Crippen molar-refractivity contribution in [3.05, 3.63) is 71.9 Å². The Bertz CT molecular complexity index is 1070. The Hall–Kier alpha value is -3.32. The van der Waals surface area contributed by atoms with E-state index < -0.39 is 5.82 Å². The van der Waals surface area contributed by atoms with Crippen LogP contribution in [0.1, 0.15) is 28.9 Å². The van der Waals surface area contributed by atoms with Crippen molar-refractivity contribution in [3.8, 4) is 11.3 Å². The first-order valence-corrected chi connectivity index (χ1v) is 9.93. The van der Waals surface area contributed by atoms with Gasteiger partial charge in [-0.15, -0.1) is 0 Å². The number of benzene rings is 1.